The Balaban J connectivity index is 1.64. The summed E-state index contributed by atoms with van der Waals surface area (Å²) in [5.74, 6) is 0.363. The van der Waals surface area contributed by atoms with Gasteiger partial charge in [-0.15, -0.1) is 0 Å². The predicted octanol–water partition coefficient (Wildman–Crippen LogP) is 3.54. The van der Waals surface area contributed by atoms with Crippen molar-refractivity contribution in [1.29, 1.82) is 0 Å². The molecule has 0 bridgehead atoms. The molecule has 1 fully saturated rings. The SMILES string of the molecule is COc1ccc([C@]2(C)NC(=O)N(CC(=O)N[C@H](C)c3ccc(CC(C)C)cc3)C2=O)cc1. The maximum atomic E-state index is 13.0. The highest BCUT2D eigenvalue weighted by atomic mass is 16.5. The molecule has 0 radical (unpaired) electrons. The van der Waals surface area contributed by atoms with Crippen molar-refractivity contribution >= 4 is 17.8 Å². The number of benzene rings is 2. The van der Waals surface area contributed by atoms with Gasteiger partial charge in [0.1, 0.15) is 17.8 Å². The average Bonchev–Trinajstić information content (AvgIpc) is 2.97. The maximum Gasteiger partial charge on any atom is 0.325 e. The van der Waals surface area contributed by atoms with Crippen LogP contribution < -0.4 is 15.4 Å². The second-order valence-electron chi connectivity index (χ2n) is 8.80. The first kappa shape index (κ1) is 23.3. The summed E-state index contributed by atoms with van der Waals surface area (Å²) in [5, 5.41) is 5.59. The highest BCUT2D eigenvalue weighted by molar-refractivity contribution is 6.09. The lowest BCUT2D eigenvalue weighted by molar-refractivity contribution is -0.135. The molecule has 0 unspecified atom stereocenters. The monoisotopic (exact) mass is 437 g/mol. The van der Waals surface area contributed by atoms with Crippen LogP contribution in [0.15, 0.2) is 48.5 Å². The van der Waals surface area contributed by atoms with Crippen LogP contribution in [0.2, 0.25) is 0 Å². The molecule has 3 rings (SSSR count). The van der Waals surface area contributed by atoms with Gasteiger partial charge in [0, 0.05) is 0 Å². The minimum atomic E-state index is -1.23. The van der Waals surface area contributed by atoms with Crippen molar-refractivity contribution < 1.29 is 19.1 Å². The summed E-state index contributed by atoms with van der Waals surface area (Å²) in [7, 11) is 1.56. The molecule has 0 aromatic heterocycles. The van der Waals surface area contributed by atoms with Gasteiger partial charge in [-0.3, -0.25) is 14.5 Å². The summed E-state index contributed by atoms with van der Waals surface area (Å²) < 4.78 is 5.15. The molecule has 7 heteroatoms. The largest absolute Gasteiger partial charge is 0.497 e. The van der Waals surface area contributed by atoms with E-state index in [-0.39, 0.29) is 12.6 Å². The number of rotatable bonds is 8. The molecule has 0 aliphatic carbocycles. The van der Waals surface area contributed by atoms with Gasteiger partial charge in [-0.2, -0.15) is 0 Å². The number of methoxy groups -OCH3 is 1. The average molecular weight is 438 g/mol. The van der Waals surface area contributed by atoms with Crippen LogP contribution in [-0.2, 0) is 21.5 Å². The Kier molecular flexibility index (Phi) is 6.87. The summed E-state index contributed by atoms with van der Waals surface area (Å²) in [6, 6.07) is 14.2. The first-order valence-electron chi connectivity index (χ1n) is 10.8. The first-order valence-corrected chi connectivity index (χ1v) is 10.8. The van der Waals surface area contributed by atoms with Crippen LogP contribution in [-0.4, -0.2) is 36.4 Å². The molecule has 1 aliphatic heterocycles. The Morgan fingerprint density at radius 1 is 1.06 bits per heavy atom. The van der Waals surface area contributed by atoms with Gasteiger partial charge >= 0.3 is 6.03 Å². The lowest BCUT2D eigenvalue weighted by Crippen LogP contribution is -2.43. The zero-order chi connectivity index (χ0) is 23.5. The summed E-state index contributed by atoms with van der Waals surface area (Å²) >= 11 is 0. The van der Waals surface area contributed by atoms with Gasteiger partial charge in [0.05, 0.1) is 13.2 Å². The second kappa shape index (κ2) is 9.42. The Morgan fingerprint density at radius 2 is 1.69 bits per heavy atom. The van der Waals surface area contributed by atoms with Crippen molar-refractivity contribution in [2.24, 2.45) is 5.92 Å². The van der Waals surface area contributed by atoms with Crippen LogP contribution in [0, 0.1) is 5.92 Å². The Bertz CT molecular complexity index is 985. The number of hydrogen-bond acceptors (Lipinski definition) is 4. The van der Waals surface area contributed by atoms with E-state index < -0.39 is 23.4 Å². The molecule has 170 valence electrons. The van der Waals surface area contributed by atoms with E-state index in [4.69, 9.17) is 4.74 Å². The molecule has 32 heavy (non-hydrogen) atoms. The molecule has 1 heterocycles. The second-order valence-corrected chi connectivity index (χ2v) is 8.80. The van der Waals surface area contributed by atoms with E-state index in [1.165, 1.54) is 5.56 Å². The number of nitrogens with zero attached hydrogens (tertiary/aromatic N) is 1. The van der Waals surface area contributed by atoms with Crippen LogP contribution in [0.5, 0.6) is 5.75 Å². The molecule has 1 aliphatic rings. The van der Waals surface area contributed by atoms with Crippen molar-refractivity contribution in [3.8, 4) is 5.75 Å². The fraction of sp³-hybridized carbons (Fsp3) is 0.400. The molecule has 7 nitrogen and oxygen atoms in total. The van der Waals surface area contributed by atoms with Crippen molar-refractivity contribution in [2.45, 2.75) is 45.7 Å². The molecular weight excluding hydrogens is 406 g/mol. The third kappa shape index (κ3) is 4.93. The van der Waals surface area contributed by atoms with E-state index in [1.807, 2.05) is 19.1 Å². The molecule has 1 saturated heterocycles. The van der Waals surface area contributed by atoms with E-state index in [1.54, 1.807) is 38.3 Å². The van der Waals surface area contributed by atoms with E-state index in [0.29, 0.717) is 17.2 Å². The fourth-order valence-corrected chi connectivity index (χ4v) is 3.89. The summed E-state index contributed by atoms with van der Waals surface area (Å²) in [6.07, 6.45) is 1.00. The van der Waals surface area contributed by atoms with Gasteiger partial charge in [0.15, 0.2) is 0 Å². The number of carbonyl (C=O) groups is 3. The minimum absolute atomic E-state index is 0.246. The number of amides is 4. The summed E-state index contributed by atoms with van der Waals surface area (Å²) in [4.78, 5) is 39.1. The summed E-state index contributed by atoms with van der Waals surface area (Å²) in [5.41, 5.74) is 1.60. The van der Waals surface area contributed by atoms with Crippen LogP contribution in [0.3, 0.4) is 0 Å². The van der Waals surface area contributed by atoms with Crippen LogP contribution in [0.1, 0.15) is 50.4 Å². The Labute approximate surface area is 189 Å². The predicted molar refractivity (Wildman–Crippen MR) is 122 cm³/mol. The molecule has 0 spiro atoms. The van der Waals surface area contributed by atoms with Crippen molar-refractivity contribution in [3.63, 3.8) is 0 Å². The third-order valence-electron chi connectivity index (χ3n) is 5.75. The topological polar surface area (TPSA) is 87.7 Å². The van der Waals surface area contributed by atoms with Crippen molar-refractivity contribution in [2.75, 3.05) is 13.7 Å². The highest BCUT2D eigenvalue weighted by Crippen LogP contribution is 2.30. The van der Waals surface area contributed by atoms with E-state index in [0.717, 1.165) is 16.9 Å². The first-order chi connectivity index (χ1) is 15.1. The fourth-order valence-electron chi connectivity index (χ4n) is 3.89. The number of urea groups is 1. The highest BCUT2D eigenvalue weighted by Gasteiger charge is 2.49. The molecule has 0 saturated carbocycles. The van der Waals surface area contributed by atoms with Gasteiger partial charge in [-0.05, 0) is 55.0 Å². The molecule has 2 aromatic rings. The number of imide groups is 1. The lowest BCUT2D eigenvalue weighted by atomic mass is 9.92. The quantitative estimate of drug-likeness (QED) is 0.619. The third-order valence-corrected chi connectivity index (χ3v) is 5.75. The molecule has 2 N–H and O–H groups in total. The van der Waals surface area contributed by atoms with Gasteiger partial charge in [-0.25, -0.2) is 4.79 Å². The van der Waals surface area contributed by atoms with Crippen molar-refractivity contribution in [3.05, 3.63) is 65.2 Å². The number of ether oxygens (including phenoxy) is 1. The van der Waals surface area contributed by atoms with Gasteiger partial charge < -0.3 is 15.4 Å². The lowest BCUT2D eigenvalue weighted by Gasteiger charge is -2.22. The number of carbonyl (C=O) groups excluding carboxylic acids is 3. The van der Waals surface area contributed by atoms with E-state index >= 15 is 0 Å². The Hall–Kier alpha value is -3.35. The standard InChI is InChI=1S/C25H31N3O4/c1-16(2)14-18-6-8-19(9-7-18)17(3)26-22(29)15-28-23(30)25(4,27-24(28)31)20-10-12-21(32-5)13-11-20/h6-13,16-17H,14-15H2,1-5H3,(H,26,29)(H,27,31)/t17-,25+/m1/s1. The van der Waals surface area contributed by atoms with Crippen LogP contribution >= 0.6 is 0 Å². The van der Waals surface area contributed by atoms with Crippen LogP contribution in [0.4, 0.5) is 4.79 Å². The molecule has 2 aromatic carbocycles. The normalized spacial score (nSPS) is 19.1. The molecule has 4 amide bonds. The van der Waals surface area contributed by atoms with Gasteiger partial charge in [0.25, 0.3) is 5.91 Å². The van der Waals surface area contributed by atoms with E-state index in [2.05, 4.69) is 36.6 Å². The zero-order valence-electron chi connectivity index (χ0n) is 19.3. The van der Waals surface area contributed by atoms with Crippen LogP contribution in [0.25, 0.3) is 0 Å². The molecule has 2 atom stereocenters. The summed E-state index contributed by atoms with van der Waals surface area (Å²) in [6.45, 7) is 7.52. The number of nitrogens with one attached hydrogen (secondary N) is 2. The minimum Gasteiger partial charge on any atom is -0.497 e. The van der Waals surface area contributed by atoms with Crippen molar-refractivity contribution in [1.82, 2.24) is 15.5 Å². The van der Waals surface area contributed by atoms with E-state index in [9.17, 15) is 14.4 Å². The number of hydrogen-bond donors (Lipinski definition) is 2. The maximum absolute atomic E-state index is 13.0. The van der Waals surface area contributed by atoms with Gasteiger partial charge in [-0.1, -0.05) is 50.2 Å². The van der Waals surface area contributed by atoms with Gasteiger partial charge in [0.2, 0.25) is 5.91 Å². The smallest absolute Gasteiger partial charge is 0.325 e. The zero-order valence-corrected chi connectivity index (χ0v) is 19.3. The molecular formula is C25H31N3O4. The Morgan fingerprint density at radius 3 is 2.25 bits per heavy atom.